The molecule has 1 aromatic carbocycles. The van der Waals surface area contributed by atoms with Crippen LogP contribution in [0.4, 0.5) is 4.39 Å². The van der Waals surface area contributed by atoms with Crippen LogP contribution in [-0.4, -0.2) is 21.4 Å². The third-order valence-electron chi connectivity index (χ3n) is 2.68. The molecule has 1 heterocycles. The largest absolute Gasteiger partial charge is 0.393 e. The Labute approximate surface area is 118 Å². The van der Waals surface area contributed by atoms with Crippen molar-refractivity contribution in [2.45, 2.75) is 32.3 Å². The molecule has 0 saturated heterocycles. The monoisotopic (exact) mass is 328 g/mol. The fourth-order valence-electron chi connectivity index (χ4n) is 1.73. The number of aliphatic hydroxyl groups excluding tert-OH is 1. The molecule has 4 nitrogen and oxygen atoms in total. The van der Waals surface area contributed by atoms with E-state index in [-0.39, 0.29) is 5.82 Å². The fourth-order valence-corrected chi connectivity index (χ4v) is 2.11. The Morgan fingerprint density at radius 1 is 1.47 bits per heavy atom. The number of halogens is 2. The van der Waals surface area contributed by atoms with Gasteiger partial charge in [-0.2, -0.15) is 4.98 Å². The standard InChI is InChI=1S/C13H14BrFN2O2/c1-2-3-9(18)7-12-16-13(17-19-12)8-4-5-11(15)10(14)6-8/h4-6,9,18H,2-3,7H2,1H3. The molecular formula is C13H14BrFN2O2. The van der Waals surface area contributed by atoms with Crippen molar-refractivity contribution < 1.29 is 14.0 Å². The summed E-state index contributed by atoms with van der Waals surface area (Å²) in [4.78, 5) is 4.19. The highest BCUT2D eigenvalue weighted by atomic mass is 79.9. The van der Waals surface area contributed by atoms with Gasteiger partial charge in [-0.05, 0) is 40.5 Å². The Morgan fingerprint density at radius 2 is 2.26 bits per heavy atom. The highest BCUT2D eigenvalue weighted by Crippen LogP contribution is 2.23. The van der Waals surface area contributed by atoms with Crippen LogP contribution in [-0.2, 0) is 6.42 Å². The summed E-state index contributed by atoms with van der Waals surface area (Å²) in [6, 6.07) is 4.50. The number of hydrogen-bond acceptors (Lipinski definition) is 4. The van der Waals surface area contributed by atoms with Gasteiger partial charge in [0.25, 0.3) is 0 Å². The number of nitrogens with zero attached hydrogens (tertiary/aromatic N) is 2. The van der Waals surface area contributed by atoms with Crippen molar-refractivity contribution in [1.82, 2.24) is 10.1 Å². The first-order valence-corrected chi connectivity index (χ1v) is 6.85. The molecule has 102 valence electrons. The summed E-state index contributed by atoms with van der Waals surface area (Å²) in [7, 11) is 0. The quantitative estimate of drug-likeness (QED) is 0.914. The molecule has 0 aliphatic carbocycles. The van der Waals surface area contributed by atoms with Crippen LogP contribution >= 0.6 is 15.9 Å². The highest BCUT2D eigenvalue weighted by Gasteiger charge is 2.13. The van der Waals surface area contributed by atoms with Gasteiger partial charge in [-0.15, -0.1) is 0 Å². The minimum Gasteiger partial charge on any atom is -0.393 e. The molecule has 2 aromatic rings. The van der Waals surface area contributed by atoms with E-state index in [1.807, 2.05) is 6.92 Å². The molecule has 0 saturated carbocycles. The Balaban J connectivity index is 2.14. The van der Waals surface area contributed by atoms with E-state index in [2.05, 4.69) is 26.1 Å². The van der Waals surface area contributed by atoms with Gasteiger partial charge >= 0.3 is 0 Å². The second kappa shape index (κ2) is 6.25. The first-order chi connectivity index (χ1) is 9.10. The third kappa shape index (κ3) is 3.61. The van der Waals surface area contributed by atoms with Gasteiger partial charge in [-0.3, -0.25) is 0 Å². The van der Waals surface area contributed by atoms with E-state index in [1.165, 1.54) is 6.07 Å². The van der Waals surface area contributed by atoms with E-state index in [0.717, 1.165) is 6.42 Å². The van der Waals surface area contributed by atoms with Gasteiger partial charge in [-0.25, -0.2) is 4.39 Å². The number of aliphatic hydroxyl groups is 1. The van der Waals surface area contributed by atoms with Gasteiger partial charge in [0.2, 0.25) is 11.7 Å². The van der Waals surface area contributed by atoms with Gasteiger partial charge in [-0.1, -0.05) is 18.5 Å². The summed E-state index contributed by atoms with van der Waals surface area (Å²) in [6.45, 7) is 2.00. The Morgan fingerprint density at radius 3 is 2.95 bits per heavy atom. The maximum Gasteiger partial charge on any atom is 0.229 e. The van der Waals surface area contributed by atoms with Crippen molar-refractivity contribution in [2.24, 2.45) is 0 Å². The normalized spacial score (nSPS) is 12.6. The summed E-state index contributed by atoms with van der Waals surface area (Å²) in [5, 5.41) is 13.5. The van der Waals surface area contributed by atoms with E-state index in [0.29, 0.717) is 34.6 Å². The van der Waals surface area contributed by atoms with Crippen LogP contribution in [0.3, 0.4) is 0 Å². The second-order valence-corrected chi connectivity index (χ2v) is 5.14. The number of rotatable bonds is 5. The number of hydrogen-bond donors (Lipinski definition) is 1. The van der Waals surface area contributed by atoms with E-state index in [4.69, 9.17) is 4.52 Å². The van der Waals surface area contributed by atoms with Gasteiger partial charge in [0, 0.05) is 5.56 Å². The average Bonchev–Trinajstić information content (AvgIpc) is 2.81. The lowest BCUT2D eigenvalue weighted by Crippen LogP contribution is -2.09. The maximum absolute atomic E-state index is 13.1. The molecule has 0 spiro atoms. The molecule has 0 fully saturated rings. The van der Waals surface area contributed by atoms with E-state index in [9.17, 15) is 9.50 Å². The molecule has 1 unspecified atom stereocenters. The van der Waals surface area contributed by atoms with Crippen LogP contribution in [0, 0.1) is 5.82 Å². The Bertz CT molecular complexity index is 559. The van der Waals surface area contributed by atoms with Crippen molar-refractivity contribution in [3.05, 3.63) is 34.4 Å². The molecule has 6 heteroatoms. The van der Waals surface area contributed by atoms with Crippen molar-refractivity contribution in [3.8, 4) is 11.4 Å². The Kier molecular flexibility index (Phi) is 4.66. The molecule has 0 radical (unpaired) electrons. The topological polar surface area (TPSA) is 59.2 Å². The molecule has 0 amide bonds. The van der Waals surface area contributed by atoms with Gasteiger partial charge in [0.1, 0.15) is 5.82 Å². The van der Waals surface area contributed by atoms with Gasteiger partial charge in [0.15, 0.2) is 0 Å². The average molecular weight is 329 g/mol. The minimum absolute atomic E-state index is 0.337. The summed E-state index contributed by atoms with van der Waals surface area (Å²) in [6.07, 6.45) is 1.45. The molecule has 1 N–H and O–H groups in total. The minimum atomic E-state index is -0.474. The highest BCUT2D eigenvalue weighted by molar-refractivity contribution is 9.10. The van der Waals surface area contributed by atoms with E-state index in [1.54, 1.807) is 12.1 Å². The van der Waals surface area contributed by atoms with Crippen molar-refractivity contribution in [1.29, 1.82) is 0 Å². The van der Waals surface area contributed by atoms with Crippen LogP contribution in [0.25, 0.3) is 11.4 Å². The summed E-state index contributed by atoms with van der Waals surface area (Å²) in [5.41, 5.74) is 0.660. The van der Waals surface area contributed by atoms with Crippen LogP contribution in [0.5, 0.6) is 0 Å². The molecule has 0 aliphatic heterocycles. The lowest BCUT2D eigenvalue weighted by molar-refractivity contribution is 0.152. The summed E-state index contributed by atoms with van der Waals surface area (Å²) in [5.74, 6) is 0.432. The fraction of sp³-hybridized carbons (Fsp3) is 0.385. The molecule has 19 heavy (non-hydrogen) atoms. The predicted molar refractivity (Wildman–Crippen MR) is 72.0 cm³/mol. The van der Waals surface area contributed by atoms with E-state index < -0.39 is 6.10 Å². The van der Waals surface area contributed by atoms with Gasteiger partial charge < -0.3 is 9.63 Å². The second-order valence-electron chi connectivity index (χ2n) is 4.29. The van der Waals surface area contributed by atoms with Crippen molar-refractivity contribution in [3.63, 3.8) is 0 Å². The molecule has 1 atom stereocenters. The lowest BCUT2D eigenvalue weighted by atomic mass is 10.1. The number of benzene rings is 1. The third-order valence-corrected chi connectivity index (χ3v) is 3.29. The zero-order valence-electron chi connectivity index (χ0n) is 10.4. The predicted octanol–water partition coefficient (Wildman–Crippen LogP) is 3.34. The molecule has 1 aromatic heterocycles. The lowest BCUT2D eigenvalue weighted by Gasteiger charge is -2.03. The smallest absolute Gasteiger partial charge is 0.229 e. The first kappa shape index (κ1) is 14.1. The zero-order chi connectivity index (χ0) is 13.8. The SMILES string of the molecule is CCCC(O)Cc1nc(-c2ccc(F)c(Br)c2)no1. The summed E-state index contributed by atoms with van der Waals surface area (Å²) < 4.78 is 18.6. The van der Waals surface area contributed by atoms with E-state index >= 15 is 0 Å². The van der Waals surface area contributed by atoms with Crippen molar-refractivity contribution in [2.75, 3.05) is 0 Å². The zero-order valence-corrected chi connectivity index (χ0v) is 12.0. The molecule has 0 bridgehead atoms. The van der Waals surface area contributed by atoms with Crippen LogP contribution in [0.1, 0.15) is 25.7 Å². The molecule has 2 rings (SSSR count). The first-order valence-electron chi connectivity index (χ1n) is 6.06. The van der Waals surface area contributed by atoms with Gasteiger partial charge in [0.05, 0.1) is 17.0 Å². The van der Waals surface area contributed by atoms with Crippen LogP contribution < -0.4 is 0 Å². The molecule has 0 aliphatic rings. The number of aromatic nitrogens is 2. The summed E-state index contributed by atoms with van der Waals surface area (Å²) >= 11 is 3.11. The maximum atomic E-state index is 13.1. The Hall–Kier alpha value is -1.27. The molecular weight excluding hydrogens is 315 g/mol. The van der Waals surface area contributed by atoms with Crippen LogP contribution in [0.15, 0.2) is 27.2 Å². The van der Waals surface area contributed by atoms with Crippen LogP contribution in [0.2, 0.25) is 0 Å². The van der Waals surface area contributed by atoms with Crippen molar-refractivity contribution >= 4 is 15.9 Å².